The minimum Gasteiger partial charge on any atom is -0.481 e. The van der Waals surface area contributed by atoms with Gasteiger partial charge in [0.15, 0.2) is 4.34 Å². The molecule has 1 amide bonds. The number of aryl methyl sites for hydroxylation is 1. The maximum Gasteiger partial charge on any atom is 0.308 e. The fraction of sp³-hybridized carbons (Fsp3) is 0.583. The van der Waals surface area contributed by atoms with Crippen LogP contribution in [-0.4, -0.2) is 47.5 Å². The summed E-state index contributed by atoms with van der Waals surface area (Å²) in [5, 5.41) is 11.6. The van der Waals surface area contributed by atoms with Crippen molar-refractivity contribution in [2.24, 2.45) is 0 Å². The molecule has 1 unspecified atom stereocenters. The number of hydrogen-bond donors (Lipinski definition) is 2. The fourth-order valence-electron chi connectivity index (χ4n) is 1.50. The number of thioether (sulfide) groups is 1. The Balaban J connectivity index is 2.45. The van der Waals surface area contributed by atoms with Crippen LogP contribution in [0.25, 0.3) is 0 Å². The van der Waals surface area contributed by atoms with Crippen LogP contribution >= 0.6 is 23.1 Å². The van der Waals surface area contributed by atoms with E-state index in [2.05, 4.69) is 10.3 Å². The molecule has 0 aliphatic carbocycles. The number of thiazole rings is 1. The lowest BCUT2D eigenvalue weighted by Gasteiger charge is -2.11. The average molecular weight is 318 g/mol. The van der Waals surface area contributed by atoms with Crippen LogP contribution in [0.4, 0.5) is 0 Å². The van der Waals surface area contributed by atoms with Crippen molar-refractivity contribution < 1.29 is 19.4 Å². The molecule has 1 atom stereocenters. The molecular weight excluding hydrogens is 300 g/mol. The third-order valence-electron chi connectivity index (χ3n) is 2.34. The van der Waals surface area contributed by atoms with Crippen molar-refractivity contribution in [3.05, 3.63) is 10.6 Å². The summed E-state index contributed by atoms with van der Waals surface area (Å²) in [5.41, 5.74) is 0.716. The minimum absolute atomic E-state index is 0.0267. The van der Waals surface area contributed by atoms with Crippen molar-refractivity contribution in [1.29, 1.82) is 0 Å². The summed E-state index contributed by atoms with van der Waals surface area (Å²) in [6.45, 7) is 4.11. The van der Waals surface area contributed by atoms with Gasteiger partial charge in [0, 0.05) is 18.0 Å². The summed E-state index contributed by atoms with van der Waals surface area (Å²) in [4.78, 5) is 27.3. The Labute approximate surface area is 125 Å². The minimum atomic E-state index is -0.876. The van der Waals surface area contributed by atoms with E-state index in [1.807, 2.05) is 6.92 Å². The molecule has 0 aromatic carbocycles. The van der Waals surface area contributed by atoms with Crippen LogP contribution in [-0.2, 0) is 20.7 Å². The second-order valence-electron chi connectivity index (χ2n) is 4.27. The number of hydrogen-bond acceptors (Lipinski definition) is 6. The van der Waals surface area contributed by atoms with Crippen molar-refractivity contribution in [1.82, 2.24) is 10.3 Å². The number of carbonyl (C=O) groups is 2. The zero-order valence-electron chi connectivity index (χ0n) is 11.6. The first-order valence-corrected chi connectivity index (χ1v) is 7.81. The summed E-state index contributed by atoms with van der Waals surface area (Å²) in [6, 6.07) is -0.0336. The Morgan fingerprint density at radius 2 is 2.25 bits per heavy atom. The van der Waals surface area contributed by atoms with Gasteiger partial charge in [-0.2, -0.15) is 0 Å². The van der Waals surface area contributed by atoms with Crippen molar-refractivity contribution in [2.45, 2.75) is 30.6 Å². The van der Waals surface area contributed by atoms with E-state index in [0.717, 1.165) is 4.88 Å². The molecule has 0 fully saturated rings. The number of rotatable bonds is 8. The number of carboxylic acid groups (broad SMARTS) is 1. The lowest BCUT2D eigenvalue weighted by atomic mass is 10.3. The van der Waals surface area contributed by atoms with Crippen LogP contribution in [0.15, 0.2) is 4.34 Å². The molecule has 0 aliphatic rings. The smallest absolute Gasteiger partial charge is 0.308 e. The molecular formula is C12H18N2O4S2. The van der Waals surface area contributed by atoms with Crippen LogP contribution in [0.5, 0.6) is 0 Å². The molecule has 112 valence electrons. The van der Waals surface area contributed by atoms with Gasteiger partial charge in [-0.15, -0.1) is 11.3 Å². The van der Waals surface area contributed by atoms with E-state index in [1.165, 1.54) is 23.1 Å². The maximum atomic E-state index is 11.7. The van der Waals surface area contributed by atoms with Crippen LogP contribution in [0, 0.1) is 6.92 Å². The highest BCUT2D eigenvalue weighted by molar-refractivity contribution is 8.01. The number of ether oxygens (including phenoxy) is 1. The second-order valence-corrected chi connectivity index (χ2v) is 6.58. The van der Waals surface area contributed by atoms with Crippen LogP contribution in [0.3, 0.4) is 0 Å². The highest BCUT2D eigenvalue weighted by atomic mass is 32.2. The fourth-order valence-corrected chi connectivity index (χ4v) is 3.54. The first-order chi connectivity index (χ1) is 9.42. The summed E-state index contributed by atoms with van der Waals surface area (Å²) in [5.74, 6) is -0.709. The Kier molecular flexibility index (Phi) is 6.97. The molecule has 0 aliphatic heterocycles. The average Bonchev–Trinajstić information content (AvgIpc) is 2.67. The quantitative estimate of drug-likeness (QED) is 0.703. The highest BCUT2D eigenvalue weighted by Gasteiger charge is 2.13. The molecule has 0 bridgehead atoms. The van der Waals surface area contributed by atoms with E-state index in [0.29, 0.717) is 16.6 Å². The van der Waals surface area contributed by atoms with Crippen molar-refractivity contribution in [3.63, 3.8) is 0 Å². The number of carboxylic acids is 1. The van der Waals surface area contributed by atoms with Gasteiger partial charge in [0.25, 0.3) is 0 Å². The Bertz CT molecular complexity index is 476. The van der Waals surface area contributed by atoms with Crippen LogP contribution in [0.2, 0.25) is 0 Å². The molecule has 1 heterocycles. The van der Waals surface area contributed by atoms with Gasteiger partial charge in [0.05, 0.1) is 24.5 Å². The normalized spacial score (nSPS) is 12.2. The standard InChI is InChI=1S/C12H18N2O4S2/c1-7(5-18-3)13-10(15)6-19-12-14-8(2)9(20-12)4-11(16)17/h7H,4-6H2,1-3H3,(H,13,15)(H,16,17). The first-order valence-electron chi connectivity index (χ1n) is 6.01. The highest BCUT2D eigenvalue weighted by Crippen LogP contribution is 2.27. The Hall–Kier alpha value is -1.12. The number of aliphatic carboxylic acids is 1. The van der Waals surface area contributed by atoms with Crippen molar-refractivity contribution in [3.8, 4) is 0 Å². The summed E-state index contributed by atoms with van der Waals surface area (Å²) in [6.07, 6.45) is -0.0267. The van der Waals surface area contributed by atoms with Gasteiger partial charge >= 0.3 is 5.97 Å². The van der Waals surface area contributed by atoms with Gasteiger partial charge < -0.3 is 15.2 Å². The predicted molar refractivity (Wildman–Crippen MR) is 78.4 cm³/mol. The van der Waals surface area contributed by atoms with E-state index in [4.69, 9.17) is 9.84 Å². The van der Waals surface area contributed by atoms with Crippen molar-refractivity contribution >= 4 is 35.0 Å². The molecule has 1 rings (SSSR count). The Morgan fingerprint density at radius 1 is 1.55 bits per heavy atom. The molecule has 20 heavy (non-hydrogen) atoms. The summed E-state index contributed by atoms with van der Waals surface area (Å²) >= 11 is 2.64. The summed E-state index contributed by atoms with van der Waals surface area (Å²) < 4.78 is 5.65. The molecule has 6 nitrogen and oxygen atoms in total. The van der Waals surface area contributed by atoms with E-state index >= 15 is 0 Å². The first kappa shape index (κ1) is 16.9. The monoisotopic (exact) mass is 318 g/mol. The number of carbonyl (C=O) groups excluding carboxylic acids is 1. The van der Waals surface area contributed by atoms with Crippen molar-refractivity contribution in [2.75, 3.05) is 19.5 Å². The van der Waals surface area contributed by atoms with E-state index in [9.17, 15) is 9.59 Å². The lowest BCUT2D eigenvalue weighted by Crippen LogP contribution is -2.36. The van der Waals surface area contributed by atoms with E-state index < -0.39 is 5.97 Å². The van der Waals surface area contributed by atoms with Gasteiger partial charge in [-0.05, 0) is 13.8 Å². The number of aromatic nitrogens is 1. The second kappa shape index (κ2) is 8.23. The lowest BCUT2D eigenvalue weighted by molar-refractivity contribution is -0.136. The third kappa shape index (κ3) is 5.89. The van der Waals surface area contributed by atoms with Crippen LogP contribution in [0.1, 0.15) is 17.5 Å². The van der Waals surface area contributed by atoms with Gasteiger partial charge in [-0.25, -0.2) is 4.98 Å². The Morgan fingerprint density at radius 3 is 2.85 bits per heavy atom. The predicted octanol–water partition coefficient (Wildman–Crippen LogP) is 1.32. The maximum absolute atomic E-state index is 11.7. The number of nitrogens with one attached hydrogen (secondary N) is 1. The molecule has 1 aromatic rings. The zero-order valence-corrected chi connectivity index (χ0v) is 13.3. The zero-order chi connectivity index (χ0) is 15.1. The third-order valence-corrected chi connectivity index (χ3v) is 4.64. The number of amides is 1. The molecule has 0 radical (unpaired) electrons. The van der Waals surface area contributed by atoms with Gasteiger partial charge in [-0.3, -0.25) is 9.59 Å². The molecule has 1 aromatic heterocycles. The number of nitrogens with zero attached hydrogens (tertiary/aromatic N) is 1. The van der Waals surface area contributed by atoms with Gasteiger partial charge in [0.2, 0.25) is 5.91 Å². The largest absolute Gasteiger partial charge is 0.481 e. The molecule has 0 saturated heterocycles. The number of methoxy groups -OCH3 is 1. The molecule has 0 saturated carbocycles. The molecule has 0 spiro atoms. The van der Waals surface area contributed by atoms with Crippen LogP contribution < -0.4 is 5.32 Å². The molecule has 2 N–H and O–H groups in total. The summed E-state index contributed by atoms with van der Waals surface area (Å²) in [7, 11) is 1.58. The van der Waals surface area contributed by atoms with E-state index in [1.54, 1.807) is 14.0 Å². The van der Waals surface area contributed by atoms with E-state index in [-0.39, 0.29) is 24.1 Å². The van der Waals surface area contributed by atoms with Gasteiger partial charge in [-0.1, -0.05) is 11.8 Å². The topological polar surface area (TPSA) is 88.5 Å². The molecule has 8 heteroatoms. The van der Waals surface area contributed by atoms with Gasteiger partial charge in [0.1, 0.15) is 0 Å². The SMILES string of the molecule is COCC(C)NC(=O)CSc1nc(C)c(CC(=O)O)s1.